The Kier molecular flexibility index (Phi) is 10.7. The molecule has 8 nitrogen and oxygen atoms in total. The van der Waals surface area contributed by atoms with E-state index in [4.69, 9.17) is 16.1 Å². The third-order valence-electron chi connectivity index (χ3n) is 5.15. The van der Waals surface area contributed by atoms with E-state index in [-0.39, 0.29) is 35.8 Å². The monoisotopic (exact) mass is 574 g/mol. The molecule has 1 aliphatic heterocycles. The number of likely N-dealkylation sites (tertiary alicyclic amines) is 1. The van der Waals surface area contributed by atoms with Gasteiger partial charge in [-0.3, -0.25) is 9.79 Å². The summed E-state index contributed by atoms with van der Waals surface area (Å²) >= 11 is 5.92. The van der Waals surface area contributed by atoms with Crippen LogP contribution < -0.4 is 10.6 Å². The molecule has 32 heavy (non-hydrogen) atoms. The molecule has 1 aromatic carbocycles. The molecule has 0 unspecified atom stereocenters. The van der Waals surface area contributed by atoms with Gasteiger partial charge in [-0.2, -0.15) is 4.98 Å². The van der Waals surface area contributed by atoms with Crippen LogP contribution in [-0.4, -0.2) is 59.1 Å². The number of nitrogens with zero attached hydrogens (tertiary/aromatic N) is 4. The average molecular weight is 575 g/mol. The molecular weight excluding hydrogens is 543 g/mol. The molecule has 2 aromatic rings. The lowest BCUT2D eigenvalue weighted by Crippen LogP contribution is -2.50. The van der Waals surface area contributed by atoms with Gasteiger partial charge in [0.15, 0.2) is 5.96 Å². The number of aromatic nitrogens is 2. The molecule has 2 N–H and O–H groups in total. The number of halogens is 2. The number of guanidine groups is 1. The summed E-state index contributed by atoms with van der Waals surface area (Å²) in [5.74, 6) is 2.15. The number of rotatable bonds is 7. The van der Waals surface area contributed by atoms with Crippen LogP contribution in [0.3, 0.4) is 0 Å². The van der Waals surface area contributed by atoms with Crippen molar-refractivity contribution in [3.8, 4) is 11.4 Å². The van der Waals surface area contributed by atoms with E-state index < -0.39 is 0 Å². The van der Waals surface area contributed by atoms with Crippen LogP contribution in [0.4, 0.5) is 0 Å². The van der Waals surface area contributed by atoms with E-state index in [0.29, 0.717) is 35.7 Å². The molecule has 0 saturated carbocycles. The Bertz CT molecular complexity index is 879. The molecular formula is C22H32ClIN6O2. The van der Waals surface area contributed by atoms with Gasteiger partial charge in [-0.15, -0.1) is 24.0 Å². The highest BCUT2D eigenvalue weighted by Gasteiger charge is 2.24. The van der Waals surface area contributed by atoms with Gasteiger partial charge < -0.3 is 20.1 Å². The van der Waals surface area contributed by atoms with Crippen molar-refractivity contribution in [1.82, 2.24) is 25.7 Å². The minimum absolute atomic E-state index is 0. The highest BCUT2D eigenvalue weighted by Crippen LogP contribution is 2.19. The van der Waals surface area contributed by atoms with Crippen LogP contribution in [0, 0.1) is 5.92 Å². The number of amides is 1. The van der Waals surface area contributed by atoms with Crippen molar-refractivity contribution in [2.24, 2.45) is 10.9 Å². The molecule has 1 aliphatic rings. The van der Waals surface area contributed by atoms with Crippen molar-refractivity contribution in [3.05, 3.63) is 35.2 Å². The molecule has 0 radical (unpaired) electrons. The molecule has 0 spiro atoms. The second-order valence-corrected chi connectivity index (χ2v) is 8.36. The fraction of sp³-hybridized carbons (Fsp3) is 0.545. The maximum absolute atomic E-state index is 12.2. The summed E-state index contributed by atoms with van der Waals surface area (Å²) in [6.07, 6.45) is 2.38. The first kappa shape index (κ1) is 26.4. The van der Waals surface area contributed by atoms with Gasteiger partial charge in [-0.05, 0) is 44.0 Å². The van der Waals surface area contributed by atoms with Crippen molar-refractivity contribution in [2.45, 2.75) is 46.1 Å². The largest absolute Gasteiger partial charge is 0.357 e. The Labute approximate surface area is 211 Å². The number of carbonyl (C=O) groups is 1. The zero-order valence-electron chi connectivity index (χ0n) is 18.8. The van der Waals surface area contributed by atoms with Gasteiger partial charge in [-0.1, -0.05) is 30.6 Å². The zero-order chi connectivity index (χ0) is 22.2. The summed E-state index contributed by atoms with van der Waals surface area (Å²) in [7, 11) is 0. The first-order valence-electron chi connectivity index (χ1n) is 10.9. The summed E-state index contributed by atoms with van der Waals surface area (Å²) in [5, 5.41) is 11.5. The van der Waals surface area contributed by atoms with Gasteiger partial charge in [0, 0.05) is 48.6 Å². The van der Waals surface area contributed by atoms with Gasteiger partial charge in [0.25, 0.3) is 0 Å². The van der Waals surface area contributed by atoms with E-state index in [2.05, 4.69) is 25.8 Å². The van der Waals surface area contributed by atoms with Crippen molar-refractivity contribution in [3.63, 3.8) is 0 Å². The molecule has 0 bridgehead atoms. The Morgan fingerprint density at radius 1 is 1.28 bits per heavy atom. The standard InChI is InChI=1S/C22H31ClN6O2.HI/c1-4-24-22(26-18-10-13-29(14-11-18)21(30)15(2)3)25-12-9-19-27-20(28-31-19)16-5-7-17(23)8-6-16;/h5-8,15,18H,4,9-14H2,1-3H3,(H2,24,25,26);1H. The number of hydrogen-bond donors (Lipinski definition) is 2. The van der Waals surface area contributed by atoms with Crippen LogP contribution in [-0.2, 0) is 11.2 Å². The fourth-order valence-electron chi connectivity index (χ4n) is 3.46. The third-order valence-corrected chi connectivity index (χ3v) is 5.40. The smallest absolute Gasteiger partial charge is 0.228 e. The fourth-order valence-corrected chi connectivity index (χ4v) is 3.58. The molecule has 1 saturated heterocycles. The summed E-state index contributed by atoms with van der Waals surface area (Å²) in [4.78, 5) is 23.2. The predicted molar refractivity (Wildman–Crippen MR) is 137 cm³/mol. The van der Waals surface area contributed by atoms with E-state index in [9.17, 15) is 4.79 Å². The number of benzene rings is 1. The van der Waals surface area contributed by atoms with E-state index in [1.165, 1.54) is 0 Å². The molecule has 1 amide bonds. The van der Waals surface area contributed by atoms with Crippen molar-refractivity contribution >= 4 is 47.4 Å². The van der Waals surface area contributed by atoms with Crippen LogP contribution in [0.5, 0.6) is 0 Å². The highest BCUT2D eigenvalue weighted by molar-refractivity contribution is 14.0. The Hall–Kier alpha value is -1.88. The van der Waals surface area contributed by atoms with Crippen LogP contribution in [0.2, 0.25) is 5.02 Å². The van der Waals surface area contributed by atoms with Gasteiger partial charge in [0.2, 0.25) is 17.6 Å². The predicted octanol–water partition coefficient (Wildman–Crippen LogP) is 3.75. The topological polar surface area (TPSA) is 95.7 Å². The second kappa shape index (κ2) is 13.0. The van der Waals surface area contributed by atoms with E-state index in [1.807, 2.05) is 37.8 Å². The minimum atomic E-state index is 0. The maximum atomic E-state index is 12.2. The maximum Gasteiger partial charge on any atom is 0.228 e. The molecule has 176 valence electrons. The van der Waals surface area contributed by atoms with Gasteiger partial charge in [-0.25, -0.2) is 0 Å². The van der Waals surface area contributed by atoms with Crippen molar-refractivity contribution in [2.75, 3.05) is 26.2 Å². The number of hydrogen-bond acceptors (Lipinski definition) is 5. The van der Waals surface area contributed by atoms with Gasteiger partial charge in [0.05, 0.1) is 6.54 Å². The van der Waals surface area contributed by atoms with Crippen LogP contribution in [0.25, 0.3) is 11.4 Å². The number of piperidine rings is 1. The van der Waals surface area contributed by atoms with Crippen LogP contribution in [0.1, 0.15) is 39.5 Å². The first-order valence-corrected chi connectivity index (χ1v) is 11.3. The lowest BCUT2D eigenvalue weighted by molar-refractivity contribution is -0.135. The lowest BCUT2D eigenvalue weighted by atomic mass is 10.0. The summed E-state index contributed by atoms with van der Waals surface area (Å²) < 4.78 is 5.35. The lowest BCUT2D eigenvalue weighted by Gasteiger charge is -2.34. The van der Waals surface area contributed by atoms with Gasteiger partial charge in [0.1, 0.15) is 0 Å². The second-order valence-electron chi connectivity index (χ2n) is 7.93. The molecule has 1 fully saturated rings. The Morgan fingerprint density at radius 3 is 2.59 bits per heavy atom. The third kappa shape index (κ3) is 7.61. The van der Waals surface area contributed by atoms with Crippen LogP contribution in [0.15, 0.2) is 33.8 Å². The zero-order valence-corrected chi connectivity index (χ0v) is 21.9. The molecule has 2 heterocycles. The van der Waals surface area contributed by atoms with E-state index >= 15 is 0 Å². The van der Waals surface area contributed by atoms with Crippen molar-refractivity contribution < 1.29 is 9.32 Å². The highest BCUT2D eigenvalue weighted by atomic mass is 127. The number of carbonyl (C=O) groups excluding carboxylic acids is 1. The summed E-state index contributed by atoms with van der Waals surface area (Å²) in [6, 6.07) is 7.63. The summed E-state index contributed by atoms with van der Waals surface area (Å²) in [6.45, 7) is 8.81. The molecule has 3 rings (SSSR count). The van der Waals surface area contributed by atoms with Gasteiger partial charge >= 0.3 is 0 Å². The number of nitrogens with one attached hydrogen (secondary N) is 2. The van der Waals surface area contributed by atoms with Crippen molar-refractivity contribution in [1.29, 1.82) is 0 Å². The van der Waals surface area contributed by atoms with E-state index in [0.717, 1.165) is 44.0 Å². The normalized spacial score (nSPS) is 14.9. The first-order chi connectivity index (χ1) is 15.0. The number of aliphatic imine (C=N–C) groups is 1. The molecule has 1 aromatic heterocycles. The summed E-state index contributed by atoms with van der Waals surface area (Å²) in [5.41, 5.74) is 0.861. The Balaban J connectivity index is 0.00000363. The minimum Gasteiger partial charge on any atom is -0.357 e. The molecule has 0 atom stereocenters. The molecule has 10 heteroatoms. The average Bonchev–Trinajstić information content (AvgIpc) is 3.23. The Morgan fingerprint density at radius 2 is 1.97 bits per heavy atom. The SMILES string of the molecule is CCNC(=NCCc1nc(-c2ccc(Cl)cc2)no1)NC1CCN(C(=O)C(C)C)CC1.I. The quantitative estimate of drug-likeness (QED) is 0.297. The van der Waals surface area contributed by atoms with E-state index in [1.54, 1.807) is 12.1 Å². The molecule has 0 aliphatic carbocycles. The van der Waals surface area contributed by atoms with Crippen LogP contribution >= 0.6 is 35.6 Å².